The van der Waals surface area contributed by atoms with Gasteiger partial charge in [0, 0.05) is 23.6 Å². The maximum absolute atomic E-state index is 12.8. The molecule has 1 saturated heterocycles. The van der Waals surface area contributed by atoms with Crippen molar-refractivity contribution in [3.05, 3.63) is 40.7 Å². The smallest absolute Gasteiger partial charge is 0.325 e. The molecule has 1 fully saturated rings. The highest BCUT2D eigenvalue weighted by Crippen LogP contribution is 2.64. The predicted octanol–water partition coefficient (Wildman–Crippen LogP) is 0.301. The molecule has 0 unspecified atom stereocenters. The minimum atomic E-state index is -1.24. The fraction of sp³-hybridized carbons (Fsp3) is 0.571. The average Bonchev–Trinajstić information content (AvgIpc) is 3.26. The van der Waals surface area contributed by atoms with Gasteiger partial charge >= 0.3 is 17.9 Å². The molecule has 2 bridgehead atoms. The Hall–Kier alpha value is -3.48. The van der Waals surface area contributed by atoms with E-state index in [1.165, 1.54) is 13.8 Å². The summed E-state index contributed by atoms with van der Waals surface area (Å²) in [7, 11) is 1.99. The summed E-state index contributed by atoms with van der Waals surface area (Å²) < 4.78 is 17.2. The average molecular weight is 559 g/mol. The summed E-state index contributed by atoms with van der Waals surface area (Å²) in [4.78, 5) is 50.2. The number of benzene rings is 1. The minimum Gasteiger partial charge on any atom is -0.481 e. The number of carbonyl (C=O) groups excluding carboxylic acids is 3. The zero-order valence-electron chi connectivity index (χ0n) is 22.6. The number of esters is 2. The van der Waals surface area contributed by atoms with Crippen LogP contribution in [0, 0.1) is 0 Å². The number of likely N-dealkylation sites (tertiary alicyclic amines) is 1. The Balaban J connectivity index is 1.29. The molecule has 4 N–H and O–H groups in total. The Kier molecular flexibility index (Phi) is 7.13. The molecule has 2 aliphatic carbocycles. The van der Waals surface area contributed by atoms with Crippen LogP contribution in [0.4, 0.5) is 0 Å². The normalized spacial score (nSPS) is 29.3. The monoisotopic (exact) mass is 558 g/mol. The van der Waals surface area contributed by atoms with Crippen LogP contribution in [0.25, 0.3) is 0 Å². The molecule has 2 aliphatic heterocycles. The van der Waals surface area contributed by atoms with E-state index in [9.17, 15) is 29.4 Å². The standard InChI is InChI=1S/C28H34N2O10/c1-14(26(35)36)29-25(34)15(2)38-20(32)6-7-21(33)39-18-8-9-28(37)19-12-16-4-5-17(13-31)23-22(16)27(28,24(18)40-23)10-11-30(19)3/h4-5,8,14-15,19,24,31,37H,6-7,9-13H2,1-3H3,(H,29,34)(H,35,36)/t14-,15-,19+,24-,27-,28+/m0/s1. The van der Waals surface area contributed by atoms with Gasteiger partial charge in [0.2, 0.25) is 0 Å². The molecule has 40 heavy (non-hydrogen) atoms. The molecule has 4 aliphatic rings. The second kappa shape index (κ2) is 10.2. The molecule has 1 aromatic carbocycles. The van der Waals surface area contributed by atoms with Crippen LogP contribution in [0.3, 0.4) is 0 Å². The van der Waals surface area contributed by atoms with Gasteiger partial charge in [-0.2, -0.15) is 0 Å². The van der Waals surface area contributed by atoms with E-state index >= 15 is 0 Å². The third-order valence-electron chi connectivity index (χ3n) is 8.80. The first-order valence-electron chi connectivity index (χ1n) is 13.4. The number of nitrogens with one attached hydrogen (secondary N) is 1. The summed E-state index contributed by atoms with van der Waals surface area (Å²) in [5, 5.41) is 33.3. The number of aliphatic hydroxyl groups is 2. The van der Waals surface area contributed by atoms with Crippen molar-refractivity contribution in [2.45, 2.75) is 87.9 Å². The Bertz CT molecular complexity index is 1290. The lowest BCUT2D eigenvalue weighted by molar-refractivity contribution is -0.169. The number of nitrogens with zero attached hydrogens (tertiary/aromatic N) is 1. The SMILES string of the molecule is C[C@H](NC(=O)[C@H](C)OC(=O)CCC(=O)OC1=CC[C@@]2(O)[C@H]3Cc4ccc(CO)c5c4[C@@]2(CCN3C)[C@H]1O5)C(=O)O. The fourth-order valence-corrected chi connectivity index (χ4v) is 6.72. The van der Waals surface area contributed by atoms with Crippen molar-refractivity contribution in [2.24, 2.45) is 0 Å². The topological polar surface area (TPSA) is 172 Å². The highest BCUT2D eigenvalue weighted by Gasteiger charge is 2.71. The Morgan fingerprint density at radius 1 is 1.20 bits per heavy atom. The van der Waals surface area contributed by atoms with Gasteiger partial charge in [-0.05, 0) is 51.9 Å². The van der Waals surface area contributed by atoms with Gasteiger partial charge in [-0.1, -0.05) is 12.1 Å². The van der Waals surface area contributed by atoms with E-state index in [0.29, 0.717) is 30.7 Å². The number of amides is 1. The van der Waals surface area contributed by atoms with Crippen LogP contribution < -0.4 is 10.1 Å². The molecule has 1 amide bonds. The van der Waals surface area contributed by atoms with Crippen LogP contribution >= 0.6 is 0 Å². The summed E-state index contributed by atoms with van der Waals surface area (Å²) in [5.74, 6) is -2.73. The summed E-state index contributed by atoms with van der Waals surface area (Å²) in [6, 6.07) is 2.49. The molecule has 0 radical (unpaired) electrons. The van der Waals surface area contributed by atoms with E-state index in [1.54, 1.807) is 6.08 Å². The molecular formula is C28H34N2O10. The van der Waals surface area contributed by atoms with Crippen LogP contribution in [-0.2, 0) is 47.1 Å². The number of aliphatic hydroxyl groups excluding tert-OH is 1. The van der Waals surface area contributed by atoms with E-state index in [-0.39, 0.29) is 37.7 Å². The summed E-state index contributed by atoms with van der Waals surface area (Å²) in [6.45, 7) is 3.05. The zero-order chi connectivity index (χ0) is 29.0. The van der Waals surface area contributed by atoms with Gasteiger partial charge in [-0.3, -0.25) is 19.2 Å². The molecule has 1 aromatic rings. The first kappa shape index (κ1) is 28.1. The number of rotatable bonds is 9. The van der Waals surface area contributed by atoms with Crippen LogP contribution in [0.15, 0.2) is 24.0 Å². The van der Waals surface area contributed by atoms with Crippen molar-refractivity contribution in [1.82, 2.24) is 10.2 Å². The van der Waals surface area contributed by atoms with Crippen LogP contribution in [-0.4, -0.2) is 87.5 Å². The number of ether oxygens (including phenoxy) is 3. The lowest BCUT2D eigenvalue weighted by Gasteiger charge is -2.61. The first-order chi connectivity index (χ1) is 18.9. The first-order valence-corrected chi connectivity index (χ1v) is 13.4. The van der Waals surface area contributed by atoms with Crippen molar-refractivity contribution in [3.8, 4) is 5.75 Å². The predicted molar refractivity (Wildman–Crippen MR) is 137 cm³/mol. The summed E-state index contributed by atoms with van der Waals surface area (Å²) >= 11 is 0. The maximum atomic E-state index is 12.8. The molecule has 0 aromatic heterocycles. The zero-order valence-corrected chi connectivity index (χ0v) is 22.6. The second-order valence-electron chi connectivity index (χ2n) is 11.1. The second-order valence-corrected chi connectivity index (χ2v) is 11.1. The van der Waals surface area contributed by atoms with Crippen LogP contribution in [0.5, 0.6) is 5.75 Å². The molecule has 2 heterocycles. The van der Waals surface area contributed by atoms with E-state index in [4.69, 9.17) is 19.3 Å². The molecule has 6 atom stereocenters. The number of carbonyl (C=O) groups is 4. The van der Waals surface area contributed by atoms with E-state index in [1.807, 2.05) is 19.2 Å². The molecular weight excluding hydrogens is 524 g/mol. The number of carboxylic acid groups (broad SMARTS) is 1. The van der Waals surface area contributed by atoms with Crippen molar-refractivity contribution in [2.75, 3.05) is 13.6 Å². The quantitative estimate of drug-likeness (QED) is 0.307. The van der Waals surface area contributed by atoms with E-state index in [0.717, 1.165) is 11.1 Å². The van der Waals surface area contributed by atoms with Crippen molar-refractivity contribution < 1.29 is 48.7 Å². The number of carboxylic acids is 1. The largest absolute Gasteiger partial charge is 0.481 e. The molecule has 5 rings (SSSR count). The lowest BCUT2D eigenvalue weighted by atomic mass is 9.50. The highest BCUT2D eigenvalue weighted by molar-refractivity contribution is 5.87. The number of aliphatic carboxylic acids is 1. The van der Waals surface area contributed by atoms with Gasteiger partial charge in [0.1, 0.15) is 17.6 Å². The van der Waals surface area contributed by atoms with Crippen molar-refractivity contribution in [3.63, 3.8) is 0 Å². The van der Waals surface area contributed by atoms with Crippen LogP contribution in [0.1, 0.15) is 56.2 Å². The Morgan fingerprint density at radius 3 is 2.62 bits per heavy atom. The third-order valence-corrected chi connectivity index (χ3v) is 8.80. The Morgan fingerprint density at radius 2 is 1.93 bits per heavy atom. The van der Waals surface area contributed by atoms with E-state index in [2.05, 4.69) is 10.2 Å². The number of piperidine rings is 1. The molecule has 12 nitrogen and oxygen atoms in total. The van der Waals surface area contributed by atoms with Crippen molar-refractivity contribution in [1.29, 1.82) is 0 Å². The van der Waals surface area contributed by atoms with Gasteiger partial charge < -0.3 is 39.7 Å². The van der Waals surface area contributed by atoms with Gasteiger partial charge in [0.05, 0.1) is 30.5 Å². The summed E-state index contributed by atoms with van der Waals surface area (Å²) in [6.07, 6.45) is 0.420. The number of hydrogen-bond acceptors (Lipinski definition) is 10. The lowest BCUT2D eigenvalue weighted by Crippen LogP contribution is -2.74. The number of likely N-dealkylation sites (N-methyl/N-ethyl adjacent to an activating group) is 1. The molecule has 216 valence electrons. The third kappa shape index (κ3) is 4.25. The van der Waals surface area contributed by atoms with Crippen LogP contribution in [0.2, 0.25) is 0 Å². The fourth-order valence-electron chi connectivity index (χ4n) is 6.72. The maximum Gasteiger partial charge on any atom is 0.325 e. The molecule has 1 spiro atoms. The molecule has 0 saturated carbocycles. The van der Waals surface area contributed by atoms with Gasteiger partial charge in [-0.25, -0.2) is 0 Å². The van der Waals surface area contributed by atoms with Gasteiger partial charge in [0.15, 0.2) is 12.2 Å². The number of hydrogen-bond donors (Lipinski definition) is 4. The Labute approximate surface area is 230 Å². The highest BCUT2D eigenvalue weighted by atomic mass is 16.6. The minimum absolute atomic E-state index is 0.160. The summed E-state index contributed by atoms with van der Waals surface area (Å²) in [5.41, 5.74) is 0.516. The van der Waals surface area contributed by atoms with Gasteiger partial charge in [0.25, 0.3) is 5.91 Å². The van der Waals surface area contributed by atoms with Crippen molar-refractivity contribution >= 4 is 23.8 Å². The molecule has 12 heteroatoms. The van der Waals surface area contributed by atoms with Gasteiger partial charge in [-0.15, -0.1) is 0 Å². The van der Waals surface area contributed by atoms with E-state index < -0.39 is 53.1 Å².